The number of rotatable bonds is 4. The normalized spacial score (nSPS) is 14.8. The summed E-state index contributed by atoms with van der Waals surface area (Å²) in [7, 11) is 0. The molecule has 0 spiro atoms. The maximum Gasteiger partial charge on any atom is 0.292 e. The van der Waals surface area contributed by atoms with Crippen LogP contribution in [0.4, 0.5) is 4.39 Å². The molecule has 6 nitrogen and oxygen atoms in total. The summed E-state index contributed by atoms with van der Waals surface area (Å²) in [4.78, 5) is 26.4. The Morgan fingerprint density at radius 3 is 2.86 bits per heavy atom. The van der Waals surface area contributed by atoms with Crippen LogP contribution >= 0.6 is 11.8 Å². The number of carbonyl (C=O) groups excluding carboxylic acids is 1. The van der Waals surface area contributed by atoms with Crippen LogP contribution in [0.15, 0.2) is 57.3 Å². The molecule has 2 heterocycles. The fraction of sp³-hybridized carbons (Fsp3) is 0.238. The lowest BCUT2D eigenvalue weighted by atomic mass is 10.1. The Kier molecular flexibility index (Phi) is 5.44. The van der Waals surface area contributed by atoms with Crippen LogP contribution < -0.4 is 11.0 Å². The second-order valence-electron chi connectivity index (χ2n) is 6.66. The molecule has 0 fully saturated rings. The van der Waals surface area contributed by atoms with Crippen molar-refractivity contribution in [2.75, 3.05) is 5.75 Å². The van der Waals surface area contributed by atoms with E-state index >= 15 is 0 Å². The van der Waals surface area contributed by atoms with E-state index in [-0.39, 0.29) is 17.1 Å². The topological polar surface area (TPSA) is 76.3 Å². The van der Waals surface area contributed by atoms with Gasteiger partial charge in [0.2, 0.25) is 0 Å². The van der Waals surface area contributed by atoms with Gasteiger partial charge in [0.1, 0.15) is 5.82 Å². The Labute approximate surface area is 170 Å². The fourth-order valence-corrected chi connectivity index (χ4v) is 4.31. The van der Waals surface area contributed by atoms with Gasteiger partial charge in [0.15, 0.2) is 5.69 Å². The third kappa shape index (κ3) is 3.80. The van der Waals surface area contributed by atoms with Crippen LogP contribution in [0.1, 0.15) is 35.8 Å². The maximum absolute atomic E-state index is 13.7. The lowest BCUT2D eigenvalue weighted by molar-refractivity contribution is 0.0949. The predicted octanol–water partition coefficient (Wildman–Crippen LogP) is 3.58. The zero-order valence-corrected chi connectivity index (χ0v) is 16.6. The number of aromatic nitrogens is 2. The fourth-order valence-electron chi connectivity index (χ4n) is 3.30. The van der Waals surface area contributed by atoms with Crippen LogP contribution in [0.25, 0.3) is 10.8 Å². The summed E-state index contributed by atoms with van der Waals surface area (Å²) in [6, 6.07) is 11.5. The van der Waals surface area contributed by atoms with Gasteiger partial charge in [0.05, 0.1) is 11.1 Å². The second-order valence-corrected chi connectivity index (χ2v) is 7.80. The Hall–Kier alpha value is -3.00. The highest BCUT2D eigenvalue weighted by atomic mass is 32.2. The van der Waals surface area contributed by atoms with E-state index in [9.17, 15) is 14.0 Å². The lowest BCUT2D eigenvalue weighted by Crippen LogP contribution is -2.29. The number of aryl methyl sites for hydroxylation is 1. The zero-order chi connectivity index (χ0) is 20.4. The van der Waals surface area contributed by atoms with Crippen molar-refractivity contribution < 1.29 is 9.18 Å². The molecule has 1 aliphatic heterocycles. The van der Waals surface area contributed by atoms with Gasteiger partial charge in [0, 0.05) is 34.6 Å². The first kappa shape index (κ1) is 19.3. The standard InChI is InChI=1S/C21H19FN4O2S/c1-2-10-26-21(28)15-6-4-3-5-14(15)19(25-26)20(27)24-23-17-9-11-29-18-8-7-13(22)12-16(17)18/h3-8,12H,2,9-11H2,1H3,(H,24,27)/b23-17+. The van der Waals surface area contributed by atoms with Gasteiger partial charge in [-0.05, 0) is 30.7 Å². The third-order valence-electron chi connectivity index (χ3n) is 4.66. The molecule has 2 aromatic carbocycles. The number of hydrogen-bond acceptors (Lipinski definition) is 5. The highest BCUT2D eigenvalue weighted by Gasteiger charge is 2.19. The van der Waals surface area contributed by atoms with E-state index in [2.05, 4.69) is 15.6 Å². The van der Waals surface area contributed by atoms with Gasteiger partial charge >= 0.3 is 0 Å². The number of hydrazone groups is 1. The number of hydrogen-bond donors (Lipinski definition) is 1. The Balaban J connectivity index is 1.71. The molecule has 0 atom stereocenters. The number of halogens is 1. The molecule has 1 amide bonds. The minimum atomic E-state index is -0.505. The monoisotopic (exact) mass is 410 g/mol. The van der Waals surface area contributed by atoms with Crippen LogP contribution in [0.2, 0.25) is 0 Å². The smallest absolute Gasteiger partial charge is 0.267 e. The van der Waals surface area contributed by atoms with Crippen LogP contribution in [0, 0.1) is 5.82 Å². The Morgan fingerprint density at radius 2 is 2.07 bits per heavy atom. The number of nitrogens with zero attached hydrogens (tertiary/aromatic N) is 3. The summed E-state index contributed by atoms with van der Waals surface area (Å²) in [5.74, 6) is -0.0464. The van der Waals surface area contributed by atoms with Crippen molar-refractivity contribution in [2.45, 2.75) is 31.2 Å². The molecule has 1 aromatic heterocycles. The van der Waals surface area contributed by atoms with Gasteiger partial charge in [-0.25, -0.2) is 14.5 Å². The van der Waals surface area contributed by atoms with Crippen LogP contribution in [-0.4, -0.2) is 27.2 Å². The molecular weight excluding hydrogens is 391 g/mol. The summed E-state index contributed by atoms with van der Waals surface area (Å²) in [6.45, 7) is 2.36. The van der Waals surface area contributed by atoms with Crippen LogP contribution in [-0.2, 0) is 6.54 Å². The number of amides is 1. The number of carbonyl (C=O) groups is 1. The lowest BCUT2D eigenvalue weighted by Gasteiger charge is -2.17. The number of thioether (sulfide) groups is 1. The van der Waals surface area contributed by atoms with E-state index in [1.807, 2.05) is 6.92 Å². The highest BCUT2D eigenvalue weighted by Crippen LogP contribution is 2.30. The van der Waals surface area contributed by atoms with Crippen molar-refractivity contribution in [3.8, 4) is 0 Å². The molecule has 0 unspecified atom stereocenters. The SMILES string of the molecule is CCCn1nc(C(=O)N/N=C2\CCSc3ccc(F)cc32)c2ccccc2c1=O. The van der Waals surface area contributed by atoms with E-state index in [0.717, 1.165) is 10.6 Å². The summed E-state index contributed by atoms with van der Waals surface area (Å²) >= 11 is 1.63. The quantitative estimate of drug-likeness (QED) is 0.667. The number of fused-ring (bicyclic) bond motifs is 2. The molecule has 0 aliphatic carbocycles. The van der Waals surface area contributed by atoms with Gasteiger partial charge in [0.25, 0.3) is 11.5 Å². The minimum absolute atomic E-state index is 0.141. The van der Waals surface area contributed by atoms with E-state index in [0.29, 0.717) is 41.4 Å². The molecule has 8 heteroatoms. The molecule has 1 aliphatic rings. The van der Waals surface area contributed by atoms with E-state index < -0.39 is 5.91 Å². The third-order valence-corrected chi connectivity index (χ3v) is 5.73. The summed E-state index contributed by atoms with van der Waals surface area (Å²) < 4.78 is 15.0. The first-order valence-corrected chi connectivity index (χ1v) is 10.4. The molecule has 3 aromatic rings. The molecule has 0 bridgehead atoms. The van der Waals surface area contributed by atoms with Crippen molar-refractivity contribution in [1.82, 2.24) is 15.2 Å². The number of nitrogens with one attached hydrogen (secondary N) is 1. The van der Waals surface area contributed by atoms with E-state index in [4.69, 9.17) is 0 Å². The van der Waals surface area contributed by atoms with Gasteiger partial charge in [-0.1, -0.05) is 25.1 Å². The molecule has 1 N–H and O–H groups in total. The van der Waals surface area contributed by atoms with Crippen LogP contribution in [0.3, 0.4) is 0 Å². The van der Waals surface area contributed by atoms with Crippen molar-refractivity contribution in [3.63, 3.8) is 0 Å². The molecule has 29 heavy (non-hydrogen) atoms. The first-order valence-electron chi connectivity index (χ1n) is 9.38. The summed E-state index contributed by atoms with van der Waals surface area (Å²) in [5, 5.41) is 9.45. The Morgan fingerprint density at radius 1 is 1.28 bits per heavy atom. The van der Waals surface area contributed by atoms with Crippen molar-refractivity contribution in [1.29, 1.82) is 0 Å². The minimum Gasteiger partial charge on any atom is -0.267 e. The predicted molar refractivity (Wildman–Crippen MR) is 112 cm³/mol. The summed E-state index contributed by atoms with van der Waals surface area (Å²) in [5.41, 5.74) is 3.78. The van der Waals surface area contributed by atoms with Gasteiger partial charge in [-0.15, -0.1) is 11.8 Å². The van der Waals surface area contributed by atoms with Gasteiger partial charge < -0.3 is 0 Å². The van der Waals surface area contributed by atoms with E-state index in [1.54, 1.807) is 42.1 Å². The average molecular weight is 410 g/mol. The van der Waals surface area contributed by atoms with Gasteiger partial charge in [-0.2, -0.15) is 10.2 Å². The molecule has 0 radical (unpaired) electrons. The first-order chi connectivity index (χ1) is 14.1. The van der Waals surface area contributed by atoms with Gasteiger partial charge in [-0.3, -0.25) is 9.59 Å². The van der Waals surface area contributed by atoms with E-state index in [1.165, 1.54) is 16.8 Å². The van der Waals surface area contributed by atoms with Crippen LogP contribution in [0.5, 0.6) is 0 Å². The Bertz CT molecular complexity index is 1190. The largest absolute Gasteiger partial charge is 0.292 e. The van der Waals surface area contributed by atoms with Crippen molar-refractivity contribution >= 4 is 34.2 Å². The van der Waals surface area contributed by atoms with Crippen molar-refractivity contribution in [2.24, 2.45) is 5.10 Å². The second kappa shape index (κ2) is 8.16. The molecule has 148 valence electrons. The molecule has 0 saturated carbocycles. The molecule has 0 saturated heterocycles. The highest BCUT2D eigenvalue weighted by molar-refractivity contribution is 7.99. The number of benzene rings is 2. The maximum atomic E-state index is 13.7. The average Bonchev–Trinajstić information content (AvgIpc) is 2.74. The molecular formula is C21H19FN4O2S. The van der Waals surface area contributed by atoms with Crippen molar-refractivity contribution in [3.05, 3.63) is 69.9 Å². The summed E-state index contributed by atoms with van der Waals surface area (Å²) in [6.07, 6.45) is 1.33. The molecule has 4 rings (SSSR count). The zero-order valence-electron chi connectivity index (χ0n) is 15.8.